The fraction of sp³-hybridized carbons (Fsp3) is 0.273. The standard InChI is InChI=1S/C22H23ClN3O6S2/c1-3-11-26(12-4-2)34(31,32)17-8-5-15(6-9-17)22(28)25-33(29,30)20-13-16-7-10-21(27)24-19(16)14-18(20)23/h5-9,13-14H,3-4,11-12H2,1-2H3,(H,24,27)(H,25,28). The van der Waals surface area contributed by atoms with Crippen molar-refractivity contribution in [1.29, 1.82) is 0 Å². The molecule has 1 radical (unpaired) electrons. The third-order valence-electron chi connectivity index (χ3n) is 4.93. The van der Waals surface area contributed by atoms with Gasteiger partial charge in [0.15, 0.2) is 0 Å². The van der Waals surface area contributed by atoms with Crippen molar-refractivity contribution in [3.63, 3.8) is 0 Å². The van der Waals surface area contributed by atoms with Crippen molar-refractivity contribution in [2.24, 2.45) is 0 Å². The van der Waals surface area contributed by atoms with Crippen LogP contribution in [-0.4, -0.2) is 45.1 Å². The van der Waals surface area contributed by atoms with E-state index in [4.69, 9.17) is 11.6 Å². The maximum atomic E-state index is 12.9. The number of benzene rings is 2. The molecule has 0 bridgehead atoms. The van der Waals surface area contributed by atoms with Crippen LogP contribution in [0.4, 0.5) is 0 Å². The number of nitrogens with one attached hydrogen (secondary N) is 2. The van der Waals surface area contributed by atoms with Crippen LogP contribution in [0.15, 0.2) is 57.1 Å². The van der Waals surface area contributed by atoms with E-state index in [1.807, 2.05) is 18.6 Å². The maximum absolute atomic E-state index is 12.9. The first-order valence-corrected chi connectivity index (χ1v) is 13.7. The maximum Gasteiger partial charge on any atom is 0.265 e. The summed E-state index contributed by atoms with van der Waals surface area (Å²) < 4.78 is 54.6. The molecule has 0 aliphatic carbocycles. The van der Waals surface area contributed by atoms with E-state index in [-0.39, 0.29) is 20.4 Å². The van der Waals surface area contributed by atoms with Crippen molar-refractivity contribution in [1.82, 2.24) is 14.0 Å². The van der Waals surface area contributed by atoms with Crippen LogP contribution in [0.3, 0.4) is 0 Å². The second kappa shape index (κ2) is 10.3. The highest BCUT2D eigenvalue weighted by Crippen LogP contribution is 2.26. The summed E-state index contributed by atoms with van der Waals surface area (Å²) in [6, 6.07) is 11.2. The predicted octanol–water partition coefficient (Wildman–Crippen LogP) is 2.91. The van der Waals surface area contributed by atoms with E-state index in [0.717, 1.165) is 0 Å². The van der Waals surface area contributed by atoms with Gasteiger partial charge in [-0.1, -0.05) is 25.4 Å². The summed E-state index contributed by atoms with van der Waals surface area (Å²) in [5.74, 6) is -0.952. The second-order valence-corrected chi connectivity index (χ2v) is 11.5. The Kier molecular flexibility index (Phi) is 7.81. The molecule has 2 aromatic carbocycles. The van der Waals surface area contributed by atoms with Crippen LogP contribution in [0.2, 0.25) is 5.02 Å². The third-order valence-corrected chi connectivity index (χ3v) is 8.64. The van der Waals surface area contributed by atoms with E-state index in [1.54, 1.807) is 0 Å². The van der Waals surface area contributed by atoms with Crippen LogP contribution in [0.25, 0.3) is 10.9 Å². The minimum Gasteiger partial charge on any atom is -0.321 e. The van der Waals surface area contributed by atoms with Gasteiger partial charge >= 0.3 is 0 Å². The van der Waals surface area contributed by atoms with E-state index in [2.05, 4.69) is 11.1 Å². The molecule has 0 aliphatic heterocycles. The van der Waals surface area contributed by atoms with Gasteiger partial charge in [-0.05, 0) is 55.3 Å². The Bertz CT molecular complexity index is 1480. The highest BCUT2D eigenvalue weighted by Gasteiger charge is 2.25. The number of sulfonamides is 2. The highest BCUT2D eigenvalue weighted by atomic mass is 35.5. The SMILES string of the molecule is CCCN(CCC)S(=O)(=O)c1ccc(C(=O)NS(=O)(=O)c2cc3c[c]c(=O)[nH]c3cc2Cl)cc1. The number of amides is 1. The minimum absolute atomic E-state index is 0.0108. The van der Waals surface area contributed by atoms with E-state index < -0.39 is 31.5 Å². The van der Waals surface area contributed by atoms with E-state index in [1.165, 1.54) is 46.8 Å². The fourth-order valence-electron chi connectivity index (χ4n) is 3.32. The predicted molar refractivity (Wildman–Crippen MR) is 129 cm³/mol. The number of hydrogen-bond donors (Lipinski definition) is 2. The van der Waals surface area contributed by atoms with Gasteiger partial charge in [-0.2, -0.15) is 4.31 Å². The Labute approximate surface area is 202 Å². The molecule has 0 saturated carbocycles. The molecule has 0 fully saturated rings. The molecule has 3 aromatic rings. The quantitative estimate of drug-likeness (QED) is 0.442. The summed E-state index contributed by atoms with van der Waals surface area (Å²) in [5, 5.41) is 0.165. The summed E-state index contributed by atoms with van der Waals surface area (Å²) in [7, 11) is -8.11. The number of aromatic nitrogens is 1. The largest absolute Gasteiger partial charge is 0.321 e. The van der Waals surface area contributed by atoms with Gasteiger partial charge in [0.25, 0.3) is 21.5 Å². The number of H-pyrrole nitrogens is 1. The highest BCUT2D eigenvalue weighted by molar-refractivity contribution is 7.90. The average molecular weight is 525 g/mol. The van der Waals surface area contributed by atoms with Crippen LogP contribution in [-0.2, 0) is 20.0 Å². The zero-order valence-electron chi connectivity index (χ0n) is 18.5. The number of pyridine rings is 1. The Balaban J connectivity index is 1.85. The molecular weight excluding hydrogens is 502 g/mol. The van der Waals surface area contributed by atoms with Crippen LogP contribution in [0, 0.1) is 6.07 Å². The molecule has 12 heteroatoms. The molecule has 2 N–H and O–H groups in total. The van der Waals surface area contributed by atoms with Crippen molar-refractivity contribution >= 4 is 48.5 Å². The molecular formula is C22H23ClN3O6S2. The number of carbonyl (C=O) groups is 1. The van der Waals surface area contributed by atoms with Crippen LogP contribution < -0.4 is 10.3 Å². The summed E-state index contributed by atoms with van der Waals surface area (Å²) in [4.78, 5) is 26.1. The molecule has 9 nitrogen and oxygen atoms in total. The molecule has 34 heavy (non-hydrogen) atoms. The number of nitrogens with zero attached hydrogens (tertiary/aromatic N) is 1. The normalized spacial score (nSPS) is 12.2. The topological polar surface area (TPSA) is 133 Å². The van der Waals surface area contributed by atoms with Crippen molar-refractivity contribution in [2.75, 3.05) is 13.1 Å². The monoisotopic (exact) mass is 524 g/mol. The number of fused-ring (bicyclic) bond motifs is 1. The smallest absolute Gasteiger partial charge is 0.265 e. The molecule has 1 amide bonds. The molecule has 181 valence electrons. The van der Waals surface area contributed by atoms with Gasteiger partial charge in [0.1, 0.15) is 4.90 Å². The number of halogens is 1. The zero-order chi connectivity index (χ0) is 25.1. The summed E-state index contributed by atoms with van der Waals surface area (Å²) in [5.41, 5.74) is -0.226. The molecule has 0 spiro atoms. The Morgan fingerprint density at radius 3 is 2.26 bits per heavy atom. The van der Waals surface area contributed by atoms with Gasteiger partial charge in [0, 0.05) is 29.6 Å². The van der Waals surface area contributed by atoms with Gasteiger partial charge in [-0.3, -0.25) is 9.59 Å². The lowest BCUT2D eigenvalue weighted by molar-refractivity contribution is 0.0981. The average Bonchev–Trinajstić information content (AvgIpc) is 2.78. The Hall–Kier alpha value is -2.73. The van der Waals surface area contributed by atoms with Gasteiger partial charge in [-0.25, -0.2) is 21.6 Å². The summed E-state index contributed by atoms with van der Waals surface area (Å²) in [6.45, 7) is 4.50. The number of hydrogen-bond acceptors (Lipinski definition) is 6. The van der Waals surface area contributed by atoms with E-state index >= 15 is 0 Å². The third kappa shape index (κ3) is 5.49. The molecule has 0 aliphatic rings. The number of aromatic amines is 1. The lowest BCUT2D eigenvalue weighted by atomic mass is 10.2. The van der Waals surface area contributed by atoms with Crippen molar-refractivity contribution < 1.29 is 21.6 Å². The first kappa shape index (κ1) is 25.9. The van der Waals surface area contributed by atoms with Crippen LogP contribution >= 0.6 is 11.6 Å². The Morgan fingerprint density at radius 2 is 1.68 bits per heavy atom. The molecule has 1 heterocycles. The van der Waals surface area contributed by atoms with Crippen molar-refractivity contribution in [3.8, 4) is 0 Å². The number of carbonyl (C=O) groups excluding carboxylic acids is 1. The summed E-state index contributed by atoms with van der Waals surface area (Å²) in [6.07, 6.45) is 1.31. The minimum atomic E-state index is -4.37. The van der Waals surface area contributed by atoms with Gasteiger partial charge in [0.05, 0.1) is 16.0 Å². The molecule has 1 aromatic heterocycles. The second-order valence-electron chi connectivity index (χ2n) is 7.48. The lowest BCUT2D eigenvalue weighted by Gasteiger charge is -2.21. The molecule has 0 saturated heterocycles. The molecule has 0 unspecified atom stereocenters. The van der Waals surface area contributed by atoms with Crippen LogP contribution in [0.1, 0.15) is 37.0 Å². The van der Waals surface area contributed by atoms with E-state index in [0.29, 0.717) is 36.8 Å². The van der Waals surface area contributed by atoms with Crippen LogP contribution in [0.5, 0.6) is 0 Å². The van der Waals surface area contributed by atoms with Gasteiger partial charge < -0.3 is 4.98 Å². The summed E-state index contributed by atoms with van der Waals surface area (Å²) >= 11 is 6.09. The van der Waals surface area contributed by atoms with Gasteiger partial charge in [-0.15, -0.1) is 0 Å². The van der Waals surface area contributed by atoms with Gasteiger partial charge in [0.2, 0.25) is 10.0 Å². The first-order chi connectivity index (χ1) is 16.0. The lowest BCUT2D eigenvalue weighted by Crippen LogP contribution is -2.33. The Morgan fingerprint density at radius 1 is 1.06 bits per heavy atom. The number of rotatable bonds is 9. The fourth-order valence-corrected chi connectivity index (χ4v) is 6.48. The molecule has 3 rings (SSSR count). The van der Waals surface area contributed by atoms with E-state index in [9.17, 15) is 26.4 Å². The van der Waals surface area contributed by atoms with Crippen molar-refractivity contribution in [3.05, 3.63) is 69.5 Å². The van der Waals surface area contributed by atoms with Crippen molar-refractivity contribution in [2.45, 2.75) is 36.5 Å². The zero-order valence-corrected chi connectivity index (χ0v) is 20.8. The first-order valence-electron chi connectivity index (χ1n) is 10.4. The molecule has 0 atom stereocenters.